The third kappa shape index (κ3) is 4.07. The fourth-order valence-electron chi connectivity index (χ4n) is 2.11. The molecule has 0 saturated carbocycles. The van der Waals surface area contributed by atoms with E-state index in [4.69, 9.17) is 5.73 Å². The third-order valence-electron chi connectivity index (χ3n) is 3.40. The van der Waals surface area contributed by atoms with Gasteiger partial charge < -0.3 is 10.8 Å². The van der Waals surface area contributed by atoms with Crippen molar-refractivity contribution in [2.24, 2.45) is 0 Å². The van der Waals surface area contributed by atoms with Gasteiger partial charge in [0.05, 0.1) is 6.10 Å². The number of thiophene rings is 1. The first-order valence-corrected chi connectivity index (χ1v) is 7.74. The molecule has 0 amide bonds. The lowest BCUT2D eigenvalue weighted by molar-refractivity contribution is 0.0914. The molecule has 1 atom stereocenters. The van der Waals surface area contributed by atoms with Gasteiger partial charge in [-0.15, -0.1) is 11.3 Å². The molecule has 1 aromatic carbocycles. The van der Waals surface area contributed by atoms with Crippen molar-refractivity contribution in [3.63, 3.8) is 0 Å². The van der Waals surface area contributed by atoms with Crippen LogP contribution in [0.2, 0.25) is 0 Å². The Bertz CT molecular complexity index is 508. The molecule has 0 spiro atoms. The summed E-state index contributed by atoms with van der Waals surface area (Å²) < 4.78 is 0. The smallest absolute Gasteiger partial charge is 0.0917 e. The van der Waals surface area contributed by atoms with Crippen LogP contribution in [0.4, 0.5) is 5.69 Å². The zero-order chi connectivity index (χ0) is 14.5. The van der Waals surface area contributed by atoms with Crippen molar-refractivity contribution in [3.05, 3.63) is 52.2 Å². The summed E-state index contributed by atoms with van der Waals surface area (Å²) in [7, 11) is 0. The van der Waals surface area contributed by atoms with Crippen molar-refractivity contribution < 1.29 is 5.11 Å². The van der Waals surface area contributed by atoms with Crippen LogP contribution in [-0.2, 0) is 6.54 Å². The minimum absolute atomic E-state index is 0.389. The molecule has 108 valence electrons. The summed E-state index contributed by atoms with van der Waals surface area (Å²) >= 11 is 1.75. The highest BCUT2D eigenvalue weighted by Gasteiger charge is 2.16. The zero-order valence-corrected chi connectivity index (χ0v) is 12.8. The van der Waals surface area contributed by atoms with E-state index in [1.807, 2.05) is 24.3 Å². The quantitative estimate of drug-likeness (QED) is 0.803. The summed E-state index contributed by atoms with van der Waals surface area (Å²) in [6.45, 7) is 5.81. The van der Waals surface area contributed by atoms with Crippen LogP contribution < -0.4 is 5.73 Å². The minimum Gasteiger partial charge on any atom is -0.399 e. The lowest BCUT2D eigenvalue weighted by Crippen LogP contribution is -2.34. The van der Waals surface area contributed by atoms with Gasteiger partial charge in [0.1, 0.15) is 0 Å². The molecule has 3 N–H and O–H groups in total. The molecular weight excluding hydrogens is 268 g/mol. The Kier molecular flexibility index (Phi) is 5.17. The number of aliphatic hydroxyl groups is 1. The molecule has 4 heteroatoms. The van der Waals surface area contributed by atoms with Gasteiger partial charge in [0.2, 0.25) is 0 Å². The molecule has 0 saturated heterocycles. The Morgan fingerprint density at radius 1 is 1.20 bits per heavy atom. The summed E-state index contributed by atoms with van der Waals surface area (Å²) in [6, 6.07) is 12.0. The van der Waals surface area contributed by atoms with Gasteiger partial charge in [-0.05, 0) is 43.0 Å². The van der Waals surface area contributed by atoms with Crippen molar-refractivity contribution in [2.45, 2.75) is 32.5 Å². The predicted octanol–water partition coefficient (Wildman–Crippen LogP) is 3.27. The Morgan fingerprint density at radius 2 is 1.90 bits per heavy atom. The molecule has 20 heavy (non-hydrogen) atoms. The molecule has 0 fully saturated rings. The average molecular weight is 290 g/mol. The molecule has 0 bridgehead atoms. The Balaban J connectivity index is 2.02. The zero-order valence-electron chi connectivity index (χ0n) is 12.0. The van der Waals surface area contributed by atoms with Crippen molar-refractivity contribution in [2.75, 3.05) is 12.3 Å². The summed E-state index contributed by atoms with van der Waals surface area (Å²) in [6.07, 6.45) is -0.488. The van der Waals surface area contributed by atoms with Crippen molar-refractivity contribution >= 4 is 17.0 Å². The molecule has 0 aliphatic heterocycles. The number of anilines is 1. The molecule has 0 radical (unpaired) electrons. The fourth-order valence-corrected chi connectivity index (χ4v) is 2.84. The van der Waals surface area contributed by atoms with Crippen molar-refractivity contribution in [3.8, 4) is 0 Å². The van der Waals surface area contributed by atoms with Crippen LogP contribution in [0.3, 0.4) is 0 Å². The summed E-state index contributed by atoms with van der Waals surface area (Å²) in [5, 5.41) is 12.5. The van der Waals surface area contributed by atoms with E-state index in [1.54, 1.807) is 11.3 Å². The normalized spacial score (nSPS) is 13.1. The molecular formula is C16H22N2OS. The second-order valence-corrected chi connectivity index (χ2v) is 6.32. The van der Waals surface area contributed by atoms with E-state index in [9.17, 15) is 5.11 Å². The van der Waals surface area contributed by atoms with Crippen molar-refractivity contribution in [1.29, 1.82) is 0 Å². The second kappa shape index (κ2) is 6.88. The Hall–Kier alpha value is -1.36. The van der Waals surface area contributed by atoms with E-state index in [-0.39, 0.29) is 0 Å². The van der Waals surface area contributed by atoms with E-state index in [1.165, 1.54) is 4.88 Å². The van der Waals surface area contributed by atoms with Crippen LogP contribution in [0.25, 0.3) is 0 Å². The summed E-state index contributed by atoms with van der Waals surface area (Å²) in [4.78, 5) is 3.61. The molecule has 2 rings (SSSR count). The minimum atomic E-state index is -0.488. The van der Waals surface area contributed by atoms with Gasteiger partial charge in [-0.2, -0.15) is 0 Å². The highest BCUT2D eigenvalue weighted by Crippen LogP contribution is 2.20. The van der Waals surface area contributed by atoms with Crippen LogP contribution in [-0.4, -0.2) is 22.6 Å². The van der Waals surface area contributed by atoms with Gasteiger partial charge in [-0.1, -0.05) is 18.2 Å². The second-order valence-electron chi connectivity index (χ2n) is 5.29. The molecule has 1 heterocycles. The first-order valence-electron chi connectivity index (χ1n) is 6.86. The van der Waals surface area contributed by atoms with Gasteiger partial charge >= 0.3 is 0 Å². The summed E-state index contributed by atoms with van der Waals surface area (Å²) in [5.74, 6) is 0. The molecule has 3 nitrogen and oxygen atoms in total. The number of aliphatic hydroxyl groups excluding tert-OH is 1. The van der Waals surface area contributed by atoms with Gasteiger partial charge in [-0.3, -0.25) is 4.90 Å². The fraction of sp³-hybridized carbons (Fsp3) is 0.375. The van der Waals surface area contributed by atoms with E-state index < -0.39 is 6.10 Å². The van der Waals surface area contributed by atoms with Gasteiger partial charge in [-0.25, -0.2) is 0 Å². The van der Waals surface area contributed by atoms with Gasteiger partial charge in [0, 0.05) is 29.7 Å². The first-order chi connectivity index (χ1) is 9.56. The maximum Gasteiger partial charge on any atom is 0.0917 e. The number of benzene rings is 1. The number of nitrogen functional groups attached to an aromatic ring is 1. The highest BCUT2D eigenvalue weighted by molar-refractivity contribution is 7.09. The average Bonchev–Trinajstić information content (AvgIpc) is 2.91. The van der Waals surface area contributed by atoms with Crippen LogP contribution in [0.15, 0.2) is 41.8 Å². The maximum atomic E-state index is 10.4. The topological polar surface area (TPSA) is 49.5 Å². The first kappa shape index (κ1) is 15.0. The van der Waals surface area contributed by atoms with E-state index >= 15 is 0 Å². The number of hydrogen-bond acceptors (Lipinski definition) is 4. The molecule has 0 aliphatic carbocycles. The van der Waals surface area contributed by atoms with Crippen LogP contribution >= 0.6 is 11.3 Å². The van der Waals surface area contributed by atoms with E-state index in [2.05, 4.69) is 36.3 Å². The number of nitrogens with zero attached hydrogens (tertiary/aromatic N) is 1. The Morgan fingerprint density at radius 3 is 2.45 bits per heavy atom. The van der Waals surface area contributed by atoms with Gasteiger partial charge in [0.15, 0.2) is 0 Å². The van der Waals surface area contributed by atoms with Crippen LogP contribution in [0.5, 0.6) is 0 Å². The molecule has 0 aliphatic rings. The standard InChI is InChI=1S/C16H22N2OS/c1-12(2)18(10-15-4-3-9-20-15)11-16(19)13-5-7-14(17)8-6-13/h3-9,12,16,19H,10-11,17H2,1-2H3. The SMILES string of the molecule is CC(C)N(Cc1cccs1)CC(O)c1ccc(N)cc1. The van der Waals surface area contributed by atoms with E-state index in [0.29, 0.717) is 12.6 Å². The van der Waals surface area contributed by atoms with Crippen molar-refractivity contribution in [1.82, 2.24) is 4.90 Å². The molecule has 1 unspecified atom stereocenters. The predicted molar refractivity (Wildman–Crippen MR) is 85.7 cm³/mol. The van der Waals surface area contributed by atoms with Crippen LogP contribution in [0, 0.1) is 0 Å². The lowest BCUT2D eigenvalue weighted by atomic mass is 10.1. The number of rotatable bonds is 6. The molecule has 2 aromatic rings. The molecule has 1 aromatic heterocycles. The highest BCUT2D eigenvalue weighted by atomic mass is 32.1. The largest absolute Gasteiger partial charge is 0.399 e. The number of hydrogen-bond donors (Lipinski definition) is 2. The van der Waals surface area contributed by atoms with Crippen LogP contribution in [0.1, 0.15) is 30.4 Å². The Labute approximate surface area is 124 Å². The van der Waals surface area contributed by atoms with Gasteiger partial charge in [0.25, 0.3) is 0 Å². The third-order valence-corrected chi connectivity index (χ3v) is 4.26. The maximum absolute atomic E-state index is 10.4. The van der Waals surface area contributed by atoms with E-state index in [0.717, 1.165) is 17.8 Å². The lowest BCUT2D eigenvalue weighted by Gasteiger charge is -2.28. The monoisotopic (exact) mass is 290 g/mol. The number of nitrogens with two attached hydrogens (primary N) is 1. The summed E-state index contributed by atoms with van der Waals surface area (Å²) in [5.41, 5.74) is 7.31.